The zero-order valence-corrected chi connectivity index (χ0v) is 11.6. The topological polar surface area (TPSA) is 26.2 Å². The second-order valence-corrected chi connectivity index (χ2v) is 5.06. The number of nitrogens with zero attached hydrogens (tertiary/aromatic N) is 1. The maximum atomic E-state index is 5.25. The highest BCUT2D eigenvalue weighted by molar-refractivity contribution is 5.81. The summed E-state index contributed by atoms with van der Waals surface area (Å²) in [4.78, 5) is 0. The van der Waals surface area contributed by atoms with Gasteiger partial charge in [0.15, 0.2) is 0 Å². The first-order valence-corrected chi connectivity index (χ1v) is 6.49. The number of hydrogen-bond acceptors (Lipinski definition) is 2. The van der Waals surface area contributed by atoms with E-state index in [2.05, 4.69) is 55.1 Å². The minimum atomic E-state index is 0.443. The van der Waals surface area contributed by atoms with Crippen LogP contribution in [0.1, 0.15) is 26.8 Å². The van der Waals surface area contributed by atoms with Gasteiger partial charge in [0, 0.05) is 35.7 Å². The molecule has 2 rings (SSSR count). The summed E-state index contributed by atoms with van der Waals surface area (Å²) >= 11 is 0. The maximum absolute atomic E-state index is 5.25. The van der Waals surface area contributed by atoms with Gasteiger partial charge in [-0.3, -0.25) is 0 Å². The summed E-state index contributed by atoms with van der Waals surface area (Å²) in [6.45, 7) is 7.56. The van der Waals surface area contributed by atoms with Crippen LogP contribution < -0.4 is 10.1 Å². The quantitative estimate of drug-likeness (QED) is 0.876. The van der Waals surface area contributed by atoms with E-state index in [4.69, 9.17) is 4.74 Å². The number of hydrogen-bond donors (Lipinski definition) is 1. The van der Waals surface area contributed by atoms with Crippen molar-refractivity contribution in [1.82, 2.24) is 9.88 Å². The van der Waals surface area contributed by atoms with Crippen molar-refractivity contribution in [3.63, 3.8) is 0 Å². The van der Waals surface area contributed by atoms with Crippen LogP contribution in [0.2, 0.25) is 0 Å². The summed E-state index contributed by atoms with van der Waals surface area (Å²) in [7, 11) is 1.70. The highest BCUT2D eigenvalue weighted by Crippen LogP contribution is 2.24. The van der Waals surface area contributed by atoms with Gasteiger partial charge >= 0.3 is 0 Å². The minimum absolute atomic E-state index is 0.443. The zero-order valence-electron chi connectivity index (χ0n) is 11.6. The molecular formula is C15H22N2O. The molecule has 0 amide bonds. The average Bonchev–Trinajstić information content (AvgIpc) is 2.78. The van der Waals surface area contributed by atoms with Crippen molar-refractivity contribution in [2.75, 3.05) is 13.7 Å². The van der Waals surface area contributed by atoms with Crippen LogP contribution in [-0.4, -0.2) is 24.3 Å². The summed E-state index contributed by atoms with van der Waals surface area (Å²) in [6.07, 6.45) is 2.15. The molecule has 1 atom stereocenters. The Kier molecular flexibility index (Phi) is 3.92. The predicted octanol–water partition coefficient (Wildman–Crippen LogP) is 3.21. The van der Waals surface area contributed by atoms with E-state index in [1.807, 2.05) is 6.07 Å². The molecule has 1 N–H and O–H groups in total. The average molecular weight is 246 g/mol. The number of rotatable bonds is 5. The van der Waals surface area contributed by atoms with Gasteiger partial charge in [-0.15, -0.1) is 0 Å². The van der Waals surface area contributed by atoms with E-state index in [0.29, 0.717) is 12.1 Å². The number of fused-ring (bicyclic) bond motifs is 1. The Morgan fingerprint density at radius 3 is 2.67 bits per heavy atom. The van der Waals surface area contributed by atoms with Crippen LogP contribution in [-0.2, 0) is 0 Å². The molecule has 0 radical (unpaired) electrons. The van der Waals surface area contributed by atoms with Gasteiger partial charge in [0.2, 0.25) is 0 Å². The molecule has 3 nitrogen and oxygen atoms in total. The Balaban J connectivity index is 2.23. The van der Waals surface area contributed by atoms with E-state index in [9.17, 15) is 0 Å². The van der Waals surface area contributed by atoms with Crippen molar-refractivity contribution in [1.29, 1.82) is 0 Å². The monoisotopic (exact) mass is 246 g/mol. The van der Waals surface area contributed by atoms with Crippen LogP contribution in [0.25, 0.3) is 10.9 Å². The first-order chi connectivity index (χ1) is 8.61. The summed E-state index contributed by atoms with van der Waals surface area (Å²) in [5.74, 6) is 0.910. The van der Waals surface area contributed by atoms with Crippen molar-refractivity contribution in [3.8, 4) is 5.75 Å². The van der Waals surface area contributed by atoms with E-state index < -0.39 is 0 Å². The molecule has 1 heterocycles. The number of aromatic nitrogens is 1. The van der Waals surface area contributed by atoms with Crippen LogP contribution in [0.3, 0.4) is 0 Å². The molecule has 0 bridgehead atoms. The predicted molar refractivity (Wildman–Crippen MR) is 76.3 cm³/mol. The lowest BCUT2D eigenvalue weighted by Crippen LogP contribution is -2.28. The summed E-state index contributed by atoms with van der Waals surface area (Å²) in [6, 6.07) is 9.33. The van der Waals surface area contributed by atoms with Crippen LogP contribution in [0.5, 0.6) is 5.75 Å². The Hall–Kier alpha value is -1.48. The fraction of sp³-hybridized carbons (Fsp3) is 0.467. The Bertz CT molecular complexity index is 516. The molecule has 0 saturated carbocycles. The number of methoxy groups -OCH3 is 1. The van der Waals surface area contributed by atoms with E-state index >= 15 is 0 Å². The highest BCUT2D eigenvalue weighted by atomic mass is 16.5. The molecule has 98 valence electrons. The van der Waals surface area contributed by atoms with Gasteiger partial charge in [-0.2, -0.15) is 0 Å². The molecule has 0 saturated heterocycles. The molecule has 0 aliphatic heterocycles. The van der Waals surface area contributed by atoms with Crippen LogP contribution in [0, 0.1) is 0 Å². The molecule has 0 aliphatic carbocycles. The molecule has 3 heteroatoms. The van der Waals surface area contributed by atoms with Crippen LogP contribution >= 0.6 is 0 Å². The Morgan fingerprint density at radius 1 is 1.22 bits per heavy atom. The van der Waals surface area contributed by atoms with Gasteiger partial charge in [0.1, 0.15) is 5.75 Å². The molecule has 0 spiro atoms. The maximum Gasteiger partial charge on any atom is 0.119 e. The van der Waals surface area contributed by atoms with Gasteiger partial charge in [-0.1, -0.05) is 13.8 Å². The first kappa shape index (κ1) is 13.0. The minimum Gasteiger partial charge on any atom is -0.497 e. The lowest BCUT2D eigenvalue weighted by molar-refractivity contribution is 0.415. The molecule has 18 heavy (non-hydrogen) atoms. The standard InChI is InChI=1S/C15H22N2O/c1-11(2)16-10-12(3)17-8-7-13-9-14(18-4)5-6-15(13)17/h5-9,11-12,16H,10H2,1-4H3. The van der Waals surface area contributed by atoms with Crippen molar-refractivity contribution in [3.05, 3.63) is 30.5 Å². The van der Waals surface area contributed by atoms with Crippen molar-refractivity contribution >= 4 is 10.9 Å². The van der Waals surface area contributed by atoms with Crippen molar-refractivity contribution in [2.24, 2.45) is 0 Å². The van der Waals surface area contributed by atoms with Crippen LogP contribution in [0.15, 0.2) is 30.5 Å². The SMILES string of the molecule is COc1ccc2c(ccn2C(C)CNC(C)C)c1. The third-order valence-electron chi connectivity index (χ3n) is 3.22. The van der Waals surface area contributed by atoms with E-state index in [1.165, 1.54) is 10.9 Å². The molecule has 1 unspecified atom stereocenters. The van der Waals surface area contributed by atoms with E-state index in [-0.39, 0.29) is 0 Å². The molecule has 2 aromatic rings. The van der Waals surface area contributed by atoms with Crippen molar-refractivity contribution in [2.45, 2.75) is 32.9 Å². The number of nitrogens with one attached hydrogen (secondary N) is 1. The molecule has 0 fully saturated rings. The van der Waals surface area contributed by atoms with Crippen molar-refractivity contribution < 1.29 is 4.74 Å². The van der Waals surface area contributed by atoms with Gasteiger partial charge in [-0.25, -0.2) is 0 Å². The Morgan fingerprint density at radius 2 is 2.00 bits per heavy atom. The summed E-state index contributed by atoms with van der Waals surface area (Å²) < 4.78 is 7.56. The van der Waals surface area contributed by atoms with E-state index in [0.717, 1.165) is 12.3 Å². The van der Waals surface area contributed by atoms with Gasteiger partial charge in [-0.05, 0) is 31.2 Å². The largest absolute Gasteiger partial charge is 0.497 e. The lowest BCUT2D eigenvalue weighted by atomic mass is 10.2. The summed E-state index contributed by atoms with van der Waals surface area (Å²) in [5.41, 5.74) is 1.26. The number of ether oxygens (including phenoxy) is 1. The van der Waals surface area contributed by atoms with Gasteiger partial charge in [0.05, 0.1) is 7.11 Å². The third-order valence-corrected chi connectivity index (χ3v) is 3.22. The Labute approximate surface area is 109 Å². The zero-order chi connectivity index (χ0) is 13.1. The lowest BCUT2D eigenvalue weighted by Gasteiger charge is -2.18. The second-order valence-electron chi connectivity index (χ2n) is 5.06. The third kappa shape index (κ3) is 2.67. The van der Waals surface area contributed by atoms with Gasteiger partial charge in [0.25, 0.3) is 0 Å². The molecular weight excluding hydrogens is 224 g/mol. The normalized spacial score (nSPS) is 13.2. The fourth-order valence-corrected chi connectivity index (χ4v) is 2.16. The highest BCUT2D eigenvalue weighted by Gasteiger charge is 2.09. The fourth-order valence-electron chi connectivity index (χ4n) is 2.16. The molecule has 1 aromatic carbocycles. The first-order valence-electron chi connectivity index (χ1n) is 6.49. The van der Waals surface area contributed by atoms with Crippen LogP contribution in [0.4, 0.5) is 0 Å². The smallest absolute Gasteiger partial charge is 0.119 e. The van der Waals surface area contributed by atoms with E-state index in [1.54, 1.807) is 7.11 Å². The number of benzene rings is 1. The van der Waals surface area contributed by atoms with Gasteiger partial charge < -0.3 is 14.6 Å². The molecule has 1 aromatic heterocycles. The second kappa shape index (κ2) is 5.44. The summed E-state index contributed by atoms with van der Waals surface area (Å²) in [5, 5.41) is 4.70. The molecule has 0 aliphatic rings.